The number of benzene rings is 1. The Hall–Kier alpha value is -0.350. The van der Waals surface area contributed by atoms with Gasteiger partial charge in [0.25, 0.3) is 0 Å². The van der Waals surface area contributed by atoms with E-state index in [1.807, 2.05) is 0 Å². The summed E-state index contributed by atoms with van der Waals surface area (Å²) >= 11 is 0. The van der Waals surface area contributed by atoms with Crippen LogP contribution in [0.4, 0.5) is 0 Å². The highest BCUT2D eigenvalue weighted by Crippen LogP contribution is 2.62. The van der Waals surface area contributed by atoms with Gasteiger partial charge in [-0.15, -0.1) is 0 Å². The maximum atomic E-state index is 2.50. The SMILES string of the molecule is CC1CCC2CC(C)C(C1)P2c1ccccc1. The van der Waals surface area contributed by atoms with Crippen molar-refractivity contribution in [3.8, 4) is 0 Å². The summed E-state index contributed by atoms with van der Waals surface area (Å²) < 4.78 is 0. The van der Waals surface area contributed by atoms with Crippen LogP contribution in [0.3, 0.4) is 0 Å². The van der Waals surface area contributed by atoms with E-state index in [-0.39, 0.29) is 7.92 Å². The number of hydrogen-bond acceptors (Lipinski definition) is 0. The Balaban J connectivity index is 1.93. The van der Waals surface area contributed by atoms with Crippen molar-refractivity contribution in [2.45, 2.75) is 50.8 Å². The Labute approximate surface area is 107 Å². The number of hydrogen-bond donors (Lipinski definition) is 0. The molecule has 92 valence electrons. The fourth-order valence-corrected chi connectivity index (χ4v) is 7.96. The highest BCUT2D eigenvalue weighted by atomic mass is 31.1. The molecule has 5 atom stereocenters. The molecule has 0 radical (unpaired) electrons. The Bertz CT molecular complexity index is 372. The van der Waals surface area contributed by atoms with Crippen molar-refractivity contribution >= 4 is 13.2 Å². The average molecular weight is 246 g/mol. The van der Waals surface area contributed by atoms with E-state index in [0.29, 0.717) is 0 Å². The largest absolute Gasteiger partial charge is 0.0687 e. The first kappa shape index (κ1) is 11.7. The second-order valence-electron chi connectivity index (χ2n) is 6.10. The van der Waals surface area contributed by atoms with Crippen LogP contribution in [-0.4, -0.2) is 11.3 Å². The zero-order valence-electron chi connectivity index (χ0n) is 11.0. The van der Waals surface area contributed by atoms with Gasteiger partial charge < -0.3 is 0 Å². The van der Waals surface area contributed by atoms with Gasteiger partial charge in [-0.25, -0.2) is 0 Å². The molecule has 1 heteroatoms. The van der Waals surface area contributed by atoms with Crippen LogP contribution in [-0.2, 0) is 0 Å². The van der Waals surface area contributed by atoms with Crippen molar-refractivity contribution < 1.29 is 0 Å². The van der Waals surface area contributed by atoms with Crippen LogP contribution in [0, 0.1) is 11.8 Å². The molecule has 1 aromatic rings. The molecule has 2 aliphatic rings. The zero-order valence-corrected chi connectivity index (χ0v) is 11.9. The van der Waals surface area contributed by atoms with E-state index < -0.39 is 0 Å². The van der Waals surface area contributed by atoms with Crippen molar-refractivity contribution in [3.63, 3.8) is 0 Å². The van der Waals surface area contributed by atoms with Gasteiger partial charge in [-0.1, -0.05) is 58.5 Å². The second kappa shape index (κ2) is 4.73. The Morgan fingerprint density at radius 2 is 1.76 bits per heavy atom. The van der Waals surface area contributed by atoms with Crippen LogP contribution in [0.15, 0.2) is 30.3 Å². The minimum atomic E-state index is 0.129. The minimum absolute atomic E-state index is 0.129. The molecule has 3 rings (SSSR count). The summed E-state index contributed by atoms with van der Waals surface area (Å²) in [5.74, 6) is 1.93. The molecule has 0 nitrogen and oxygen atoms in total. The maximum absolute atomic E-state index is 2.50. The summed E-state index contributed by atoms with van der Waals surface area (Å²) in [6.45, 7) is 4.97. The predicted octanol–water partition coefficient (Wildman–Crippen LogP) is 4.39. The number of fused-ring (bicyclic) bond motifs is 2. The predicted molar refractivity (Wildman–Crippen MR) is 77.4 cm³/mol. The first-order valence-corrected chi connectivity index (χ1v) is 8.57. The summed E-state index contributed by atoms with van der Waals surface area (Å²) in [5.41, 5.74) is 2.03. The molecule has 17 heavy (non-hydrogen) atoms. The van der Waals surface area contributed by atoms with Crippen molar-refractivity contribution in [2.75, 3.05) is 0 Å². The normalized spacial score (nSPS) is 41.2. The van der Waals surface area contributed by atoms with Crippen molar-refractivity contribution in [2.24, 2.45) is 11.8 Å². The smallest absolute Gasteiger partial charge is 0.0138 e. The van der Waals surface area contributed by atoms with Gasteiger partial charge in [0.1, 0.15) is 0 Å². The quantitative estimate of drug-likeness (QED) is 0.645. The third-order valence-corrected chi connectivity index (χ3v) is 8.33. The molecule has 0 aromatic heterocycles. The van der Waals surface area contributed by atoms with Crippen molar-refractivity contribution in [3.05, 3.63) is 30.3 Å². The van der Waals surface area contributed by atoms with Crippen LogP contribution >= 0.6 is 7.92 Å². The van der Waals surface area contributed by atoms with Crippen LogP contribution in [0.1, 0.15) is 39.5 Å². The van der Waals surface area contributed by atoms with E-state index in [4.69, 9.17) is 0 Å². The van der Waals surface area contributed by atoms with Gasteiger partial charge in [0, 0.05) is 0 Å². The Morgan fingerprint density at radius 1 is 1.00 bits per heavy atom. The molecule has 5 unspecified atom stereocenters. The maximum Gasteiger partial charge on any atom is -0.0138 e. The summed E-state index contributed by atoms with van der Waals surface area (Å²) in [7, 11) is 0.129. The highest BCUT2D eigenvalue weighted by Gasteiger charge is 2.43. The topological polar surface area (TPSA) is 0 Å². The first-order chi connectivity index (χ1) is 8.25. The molecule has 0 spiro atoms. The lowest BCUT2D eigenvalue weighted by molar-refractivity contribution is 0.382. The van der Waals surface area contributed by atoms with Gasteiger partial charge in [-0.3, -0.25) is 0 Å². The average Bonchev–Trinajstić information content (AvgIpc) is 2.53. The number of rotatable bonds is 1. The monoisotopic (exact) mass is 246 g/mol. The van der Waals surface area contributed by atoms with Gasteiger partial charge in [-0.05, 0) is 47.7 Å². The van der Waals surface area contributed by atoms with E-state index in [9.17, 15) is 0 Å². The molecule has 2 bridgehead atoms. The van der Waals surface area contributed by atoms with Crippen molar-refractivity contribution in [1.82, 2.24) is 0 Å². The fraction of sp³-hybridized carbons (Fsp3) is 0.625. The summed E-state index contributed by atoms with van der Waals surface area (Å²) in [4.78, 5) is 0. The van der Waals surface area contributed by atoms with Gasteiger partial charge >= 0.3 is 0 Å². The highest BCUT2D eigenvalue weighted by molar-refractivity contribution is 7.67. The summed E-state index contributed by atoms with van der Waals surface area (Å²) in [5, 5.41) is 1.68. The first-order valence-electron chi connectivity index (χ1n) is 7.09. The molecule has 2 fully saturated rings. The van der Waals surface area contributed by atoms with Crippen LogP contribution in [0.2, 0.25) is 0 Å². The van der Waals surface area contributed by atoms with E-state index in [0.717, 1.165) is 23.2 Å². The Kier molecular flexibility index (Phi) is 3.26. The molecule has 2 aliphatic heterocycles. The lowest BCUT2D eigenvalue weighted by Crippen LogP contribution is -2.17. The molecular weight excluding hydrogens is 223 g/mol. The molecule has 1 aromatic carbocycles. The molecule has 0 amide bonds. The van der Waals surface area contributed by atoms with E-state index in [2.05, 4.69) is 44.2 Å². The van der Waals surface area contributed by atoms with Crippen molar-refractivity contribution in [1.29, 1.82) is 0 Å². The lowest BCUT2D eigenvalue weighted by atomic mass is 9.87. The standard InChI is InChI=1S/C16H23P/c1-12-8-9-15-11-13(2)16(10-12)17(15)14-6-4-3-5-7-14/h3-7,12-13,15-16H,8-11H2,1-2H3. The lowest BCUT2D eigenvalue weighted by Gasteiger charge is -2.25. The van der Waals surface area contributed by atoms with Gasteiger partial charge in [0.2, 0.25) is 0 Å². The summed E-state index contributed by atoms with van der Waals surface area (Å²) in [6, 6.07) is 11.4. The fourth-order valence-electron chi connectivity index (χ4n) is 3.86. The van der Waals surface area contributed by atoms with Crippen LogP contribution in [0.5, 0.6) is 0 Å². The molecular formula is C16H23P. The Morgan fingerprint density at radius 3 is 2.53 bits per heavy atom. The molecule has 0 aliphatic carbocycles. The summed E-state index contributed by atoms with van der Waals surface area (Å²) in [6.07, 6.45) is 5.94. The molecule has 0 saturated carbocycles. The van der Waals surface area contributed by atoms with Gasteiger partial charge in [0.05, 0.1) is 0 Å². The van der Waals surface area contributed by atoms with Crippen LogP contribution < -0.4 is 5.30 Å². The van der Waals surface area contributed by atoms with E-state index in [1.54, 1.807) is 5.30 Å². The van der Waals surface area contributed by atoms with Crippen LogP contribution in [0.25, 0.3) is 0 Å². The van der Waals surface area contributed by atoms with Gasteiger partial charge in [-0.2, -0.15) is 0 Å². The zero-order chi connectivity index (χ0) is 11.8. The van der Waals surface area contributed by atoms with E-state index >= 15 is 0 Å². The molecule has 0 N–H and O–H groups in total. The third-order valence-electron chi connectivity index (χ3n) is 4.74. The molecule has 2 heterocycles. The molecule has 2 saturated heterocycles. The van der Waals surface area contributed by atoms with E-state index in [1.165, 1.54) is 25.7 Å². The van der Waals surface area contributed by atoms with Gasteiger partial charge in [0.15, 0.2) is 0 Å². The third kappa shape index (κ3) is 2.17. The second-order valence-corrected chi connectivity index (χ2v) is 8.82. The minimum Gasteiger partial charge on any atom is -0.0687 e.